The van der Waals surface area contributed by atoms with Crippen molar-refractivity contribution < 1.29 is 9.29 Å². The molecular formula is C36H38N6O3S. The zero-order chi connectivity index (χ0) is 31.5. The maximum atomic E-state index is 14.2. The number of para-hydroxylation sites is 1. The lowest BCUT2D eigenvalue weighted by Crippen LogP contribution is -2.28. The fraction of sp³-hybridized carbons (Fsp3) is 0.333. The predicted molar refractivity (Wildman–Crippen MR) is 182 cm³/mol. The summed E-state index contributed by atoms with van der Waals surface area (Å²) >= 11 is -1.19. The van der Waals surface area contributed by atoms with Crippen LogP contribution >= 0.6 is 0 Å². The predicted octanol–water partition coefficient (Wildman–Crippen LogP) is 6.60. The van der Waals surface area contributed by atoms with Crippen molar-refractivity contribution >= 4 is 33.8 Å². The molecule has 0 bridgehead atoms. The molecule has 2 aromatic carbocycles. The molecule has 5 aromatic rings. The summed E-state index contributed by atoms with van der Waals surface area (Å²) in [5.74, 6) is 1.66. The Morgan fingerprint density at radius 2 is 1.85 bits per heavy atom. The average molecular weight is 635 g/mol. The second-order valence-corrected chi connectivity index (χ2v) is 13.9. The number of ether oxygens (including phenoxy) is 1. The van der Waals surface area contributed by atoms with Crippen LogP contribution in [0.25, 0.3) is 11.0 Å². The highest BCUT2D eigenvalue weighted by Gasteiger charge is 2.30. The topological polar surface area (TPSA) is 117 Å². The van der Waals surface area contributed by atoms with E-state index in [2.05, 4.69) is 32.7 Å². The van der Waals surface area contributed by atoms with Gasteiger partial charge in [0.1, 0.15) is 16.6 Å². The summed E-state index contributed by atoms with van der Waals surface area (Å²) in [4.78, 5) is 28.6. The maximum Gasteiger partial charge on any atom is 0.295 e. The van der Waals surface area contributed by atoms with Crippen LogP contribution in [-0.2, 0) is 17.7 Å². The second kappa shape index (κ2) is 13.6. The molecule has 9 nitrogen and oxygen atoms in total. The molecule has 0 radical (unpaired) electrons. The number of fused-ring (bicyclic) bond motifs is 1. The van der Waals surface area contributed by atoms with Crippen molar-refractivity contribution in [1.29, 1.82) is 0 Å². The zero-order valence-electron chi connectivity index (χ0n) is 25.9. The minimum absolute atomic E-state index is 0.115. The highest BCUT2D eigenvalue weighted by molar-refractivity contribution is 7.92. The Morgan fingerprint density at radius 1 is 1.02 bits per heavy atom. The molecule has 7 rings (SSSR count). The summed E-state index contributed by atoms with van der Waals surface area (Å²) in [7, 11) is 0. The van der Waals surface area contributed by atoms with Crippen molar-refractivity contribution in [2.24, 2.45) is 0 Å². The first-order valence-electron chi connectivity index (χ1n) is 16.1. The molecule has 2 fully saturated rings. The van der Waals surface area contributed by atoms with Crippen LogP contribution in [0.15, 0.2) is 88.9 Å². The number of rotatable bonds is 9. The second-order valence-electron chi connectivity index (χ2n) is 12.2. The van der Waals surface area contributed by atoms with Crippen LogP contribution in [0.5, 0.6) is 11.5 Å². The van der Waals surface area contributed by atoms with Gasteiger partial charge in [-0.25, -0.2) is 4.98 Å². The lowest BCUT2D eigenvalue weighted by Gasteiger charge is -2.23. The summed E-state index contributed by atoms with van der Waals surface area (Å²) < 4.78 is 21.4. The molecule has 1 saturated carbocycles. The fourth-order valence-corrected chi connectivity index (χ4v) is 8.18. The minimum Gasteiger partial charge on any atom is -0.611 e. The van der Waals surface area contributed by atoms with Crippen molar-refractivity contribution in [1.82, 2.24) is 24.8 Å². The Balaban J connectivity index is 1.26. The Hall–Kier alpha value is -4.25. The molecule has 1 aliphatic carbocycles. The highest BCUT2D eigenvalue weighted by atomic mass is 32.2. The number of hydrogen-bond donors (Lipinski definition) is 2. The summed E-state index contributed by atoms with van der Waals surface area (Å²) in [6.07, 6.45) is 11.5. The first-order valence-corrected chi connectivity index (χ1v) is 17.3. The van der Waals surface area contributed by atoms with Gasteiger partial charge < -0.3 is 19.9 Å². The smallest absolute Gasteiger partial charge is 0.295 e. The lowest BCUT2D eigenvalue weighted by molar-refractivity contribution is 0.461. The molecule has 236 valence electrons. The first-order chi connectivity index (χ1) is 22.5. The minimum atomic E-state index is -1.19. The summed E-state index contributed by atoms with van der Waals surface area (Å²) in [6.45, 7) is 4.17. The summed E-state index contributed by atoms with van der Waals surface area (Å²) in [5.41, 5.74) is 3.93. The molecule has 2 aliphatic rings. The standard InChI is InChI=1S/C36H38N6O3S/c1-24-7-2-5-11-31(24)45-32-19-27-22-39-36(40-29-14-12-25(13-15-29)26-8-6-17-37-20-26)41-34(27)42(35(32)43)23-28-21-38-18-16-33(28)46(44)30-9-3-4-10-30/h2,5,7,11-16,18-19,21-22,26,30,37H,3-4,6,8-10,17,20,23H2,1H3,(H,39,40,41). The van der Waals surface area contributed by atoms with Gasteiger partial charge in [-0.2, -0.15) is 4.98 Å². The number of aromatic nitrogens is 4. The van der Waals surface area contributed by atoms with Crippen molar-refractivity contribution in [2.45, 2.75) is 68.1 Å². The summed E-state index contributed by atoms with van der Waals surface area (Å²) in [6, 6.07) is 19.5. The lowest BCUT2D eigenvalue weighted by atomic mass is 9.92. The number of nitrogens with one attached hydrogen (secondary N) is 2. The van der Waals surface area contributed by atoms with Crippen molar-refractivity contribution in [2.75, 3.05) is 18.4 Å². The van der Waals surface area contributed by atoms with E-state index in [1.54, 1.807) is 29.2 Å². The largest absolute Gasteiger partial charge is 0.611 e. The van der Waals surface area contributed by atoms with Gasteiger partial charge in [0.2, 0.25) is 5.95 Å². The van der Waals surface area contributed by atoms with Crippen LogP contribution in [-0.4, -0.2) is 42.4 Å². The molecule has 1 aliphatic heterocycles. The van der Waals surface area contributed by atoms with E-state index in [1.807, 2.05) is 49.4 Å². The highest BCUT2D eigenvalue weighted by Crippen LogP contribution is 2.32. The van der Waals surface area contributed by atoms with E-state index >= 15 is 0 Å². The molecule has 0 amide bonds. The van der Waals surface area contributed by atoms with Crippen LogP contribution < -0.4 is 20.9 Å². The number of piperidine rings is 1. The fourth-order valence-electron chi connectivity index (χ4n) is 6.49. The van der Waals surface area contributed by atoms with Gasteiger partial charge >= 0.3 is 0 Å². The third-order valence-corrected chi connectivity index (χ3v) is 11.0. The molecule has 0 spiro atoms. The third-order valence-electron chi connectivity index (χ3n) is 9.05. The molecule has 1 saturated heterocycles. The number of pyridine rings is 2. The molecule has 3 aromatic heterocycles. The van der Waals surface area contributed by atoms with E-state index in [0.29, 0.717) is 33.5 Å². The SMILES string of the molecule is Cc1ccccc1Oc1cc2cnc(Nc3ccc(C4CCCNC4)cc3)nc2n(Cc2cnccc2[S+]([O-])C2CCCC2)c1=O. The Morgan fingerprint density at radius 3 is 2.63 bits per heavy atom. The molecule has 2 atom stereocenters. The van der Waals surface area contributed by atoms with Crippen LogP contribution in [0.2, 0.25) is 0 Å². The van der Waals surface area contributed by atoms with Crippen LogP contribution in [0.4, 0.5) is 11.6 Å². The third kappa shape index (κ3) is 6.51. The van der Waals surface area contributed by atoms with Crippen LogP contribution in [0, 0.1) is 6.92 Å². The molecule has 46 heavy (non-hydrogen) atoms. The van der Waals surface area contributed by atoms with Gasteiger partial charge in [-0.3, -0.25) is 14.3 Å². The molecule has 2 N–H and O–H groups in total. The molecular weight excluding hydrogens is 597 g/mol. The van der Waals surface area contributed by atoms with Crippen molar-refractivity contribution in [3.05, 3.63) is 106 Å². The van der Waals surface area contributed by atoms with Crippen molar-refractivity contribution in [3.8, 4) is 11.5 Å². The monoisotopic (exact) mass is 634 g/mol. The summed E-state index contributed by atoms with van der Waals surface area (Å²) in [5, 5.41) is 7.57. The van der Waals surface area contributed by atoms with E-state index in [0.717, 1.165) is 55.6 Å². The van der Waals surface area contributed by atoms with Gasteiger partial charge in [0.25, 0.3) is 5.56 Å². The average Bonchev–Trinajstić information content (AvgIpc) is 3.64. The molecule has 4 heterocycles. The molecule has 2 unspecified atom stereocenters. The van der Waals surface area contributed by atoms with E-state index in [1.165, 1.54) is 18.4 Å². The van der Waals surface area contributed by atoms with Gasteiger partial charge in [0.05, 0.1) is 6.54 Å². The van der Waals surface area contributed by atoms with E-state index in [9.17, 15) is 9.35 Å². The van der Waals surface area contributed by atoms with E-state index < -0.39 is 11.2 Å². The number of aryl methyl sites for hydroxylation is 1. The number of hydrogen-bond acceptors (Lipinski definition) is 8. The van der Waals surface area contributed by atoms with Gasteiger partial charge in [0, 0.05) is 47.8 Å². The van der Waals surface area contributed by atoms with Gasteiger partial charge in [-0.15, -0.1) is 0 Å². The first kappa shape index (κ1) is 30.4. The van der Waals surface area contributed by atoms with Crippen molar-refractivity contribution in [3.63, 3.8) is 0 Å². The Kier molecular flexibility index (Phi) is 9.00. The van der Waals surface area contributed by atoms with Gasteiger partial charge in [-0.05, 0) is 104 Å². The van der Waals surface area contributed by atoms with Gasteiger partial charge in [0.15, 0.2) is 10.6 Å². The van der Waals surface area contributed by atoms with E-state index in [4.69, 9.17) is 9.72 Å². The normalized spacial score (nSPS) is 17.7. The number of nitrogens with zero attached hydrogens (tertiary/aromatic N) is 4. The number of anilines is 2. The molecule has 10 heteroatoms. The maximum absolute atomic E-state index is 14.2. The zero-order valence-corrected chi connectivity index (χ0v) is 26.8. The Labute approximate surface area is 271 Å². The number of benzene rings is 2. The van der Waals surface area contributed by atoms with E-state index in [-0.39, 0.29) is 23.1 Å². The Bertz CT molecular complexity index is 1880. The van der Waals surface area contributed by atoms with Crippen LogP contribution in [0.1, 0.15) is 61.1 Å². The van der Waals surface area contributed by atoms with Crippen LogP contribution in [0.3, 0.4) is 0 Å². The van der Waals surface area contributed by atoms with Gasteiger partial charge in [-0.1, -0.05) is 30.3 Å². The quantitative estimate of drug-likeness (QED) is 0.174.